The molecule has 0 aliphatic heterocycles. The van der Waals surface area contributed by atoms with Crippen molar-refractivity contribution in [3.05, 3.63) is 0 Å². The molecule has 0 aromatic heterocycles. The van der Waals surface area contributed by atoms with Crippen LogP contribution in [-0.2, 0) is 10.1 Å². The molecule has 68 valence electrons. The number of hydrogen-bond acceptors (Lipinski definition) is 3. The summed E-state index contributed by atoms with van der Waals surface area (Å²) >= 11 is 2.23. The number of halogens is 4. The molecular formula is C2H2BrF3O3S2. The molecule has 0 bridgehead atoms. The third-order valence-corrected chi connectivity index (χ3v) is 3.17. The van der Waals surface area contributed by atoms with Gasteiger partial charge < -0.3 is 0 Å². The standard InChI is InChI=1S/C2H2BrF3O3S2/c3-10-1(4)2(5,6)11(7,8)9/h1H,(H,7,8,9). The van der Waals surface area contributed by atoms with Gasteiger partial charge in [-0.25, -0.2) is 4.39 Å². The van der Waals surface area contributed by atoms with E-state index in [1.807, 2.05) is 0 Å². The summed E-state index contributed by atoms with van der Waals surface area (Å²) in [4.78, 5) is 0. The number of hydrogen-bond donors (Lipinski definition) is 1. The van der Waals surface area contributed by atoms with Crippen molar-refractivity contribution < 1.29 is 26.1 Å². The average molecular weight is 275 g/mol. The maximum Gasteiger partial charge on any atom is 0.410 e. The molecule has 0 saturated heterocycles. The molecule has 0 amide bonds. The largest absolute Gasteiger partial charge is 0.410 e. The Morgan fingerprint density at radius 3 is 2.00 bits per heavy atom. The van der Waals surface area contributed by atoms with Crippen LogP contribution in [0.15, 0.2) is 0 Å². The molecule has 1 unspecified atom stereocenters. The SMILES string of the molecule is O=S(=O)(O)C(F)(F)C(F)SBr. The van der Waals surface area contributed by atoms with E-state index in [2.05, 4.69) is 14.8 Å². The summed E-state index contributed by atoms with van der Waals surface area (Å²) in [5.41, 5.74) is -3.03. The van der Waals surface area contributed by atoms with Crippen LogP contribution in [0, 0.1) is 0 Å². The molecule has 9 heteroatoms. The fourth-order valence-corrected chi connectivity index (χ4v) is 2.09. The Hall–Kier alpha value is 0.530. The number of rotatable bonds is 3. The van der Waals surface area contributed by atoms with E-state index >= 15 is 0 Å². The first-order valence-corrected chi connectivity index (χ1v) is 6.16. The van der Waals surface area contributed by atoms with E-state index in [4.69, 9.17) is 4.55 Å². The van der Waals surface area contributed by atoms with Gasteiger partial charge >= 0.3 is 15.4 Å². The summed E-state index contributed by atoms with van der Waals surface area (Å²) in [6.07, 6.45) is 0. The topological polar surface area (TPSA) is 54.4 Å². The molecule has 0 rings (SSSR count). The molecule has 1 N–H and O–H groups in total. The van der Waals surface area contributed by atoms with Gasteiger partial charge in [-0.3, -0.25) is 4.55 Å². The highest BCUT2D eigenvalue weighted by Gasteiger charge is 2.52. The van der Waals surface area contributed by atoms with Gasteiger partial charge in [0.25, 0.3) is 0 Å². The van der Waals surface area contributed by atoms with Crippen LogP contribution >= 0.6 is 25.0 Å². The van der Waals surface area contributed by atoms with Crippen LogP contribution in [-0.4, -0.2) is 23.7 Å². The second-order valence-corrected chi connectivity index (χ2v) is 4.65. The molecule has 0 aliphatic carbocycles. The predicted molar refractivity (Wildman–Crippen MR) is 37.9 cm³/mol. The van der Waals surface area contributed by atoms with Crippen molar-refractivity contribution in [2.24, 2.45) is 0 Å². The van der Waals surface area contributed by atoms with Gasteiger partial charge in [0.1, 0.15) is 0 Å². The maximum atomic E-state index is 12.1. The molecule has 0 aromatic rings. The van der Waals surface area contributed by atoms with Crippen LogP contribution in [0.4, 0.5) is 13.2 Å². The summed E-state index contributed by atoms with van der Waals surface area (Å²) in [6.45, 7) is 0. The van der Waals surface area contributed by atoms with Crippen molar-refractivity contribution in [3.8, 4) is 0 Å². The highest BCUT2D eigenvalue weighted by molar-refractivity contribution is 9.50. The van der Waals surface area contributed by atoms with E-state index in [0.717, 1.165) is 0 Å². The van der Waals surface area contributed by atoms with E-state index in [-0.39, 0.29) is 10.2 Å². The highest BCUT2D eigenvalue weighted by Crippen LogP contribution is 2.36. The lowest BCUT2D eigenvalue weighted by Gasteiger charge is -2.13. The molecular weight excluding hydrogens is 273 g/mol. The third-order valence-electron chi connectivity index (χ3n) is 0.686. The van der Waals surface area contributed by atoms with Gasteiger partial charge in [0, 0.05) is 0 Å². The normalized spacial score (nSPS) is 16.5. The second-order valence-electron chi connectivity index (χ2n) is 1.44. The van der Waals surface area contributed by atoms with Crippen LogP contribution in [0.1, 0.15) is 0 Å². The first kappa shape index (κ1) is 11.5. The van der Waals surface area contributed by atoms with Crippen LogP contribution < -0.4 is 0 Å². The summed E-state index contributed by atoms with van der Waals surface area (Å²) in [5, 5.41) is -4.78. The predicted octanol–water partition coefficient (Wildman–Crippen LogP) is 1.81. The van der Waals surface area contributed by atoms with Gasteiger partial charge in [-0.2, -0.15) is 17.2 Å². The smallest absolute Gasteiger partial charge is 0.281 e. The minimum atomic E-state index is -5.67. The Labute approximate surface area is 72.3 Å². The van der Waals surface area contributed by atoms with Crippen molar-refractivity contribution in [2.75, 3.05) is 0 Å². The first-order valence-electron chi connectivity index (χ1n) is 1.99. The monoisotopic (exact) mass is 274 g/mol. The Bertz CT molecular complexity index is 227. The van der Waals surface area contributed by atoms with Crippen LogP contribution in [0.25, 0.3) is 0 Å². The van der Waals surface area contributed by atoms with E-state index < -0.39 is 20.9 Å². The van der Waals surface area contributed by atoms with Gasteiger partial charge in [-0.15, -0.1) is 0 Å². The molecule has 0 fully saturated rings. The molecule has 0 aliphatic rings. The molecule has 0 saturated carbocycles. The van der Waals surface area contributed by atoms with Crippen LogP contribution in [0.2, 0.25) is 0 Å². The zero-order chi connectivity index (χ0) is 9.28. The van der Waals surface area contributed by atoms with Crippen molar-refractivity contribution in [3.63, 3.8) is 0 Å². The van der Waals surface area contributed by atoms with Crippen LogP contribution in [0.5, 0.6) is 0 Å². The molecule has 3 nitrogen and oxygen atoms in total. The average Bonchev–Trinajstić information content (AvgIpc) is 1.83. The zero-order valence-electron chi connectivity index (χ0n) is 4.67. The van der Waals surface area contributed by atoms with Crippen molar-refractivity contribution in [2.45, 2.75) is 10.8 Å². The summed E-state index contributed by atoms with van der Waals surface area (Å²) in [5.74, 6) is 0. The Morgan fingerprint density at radius 2 is 1.91 bits per heavy atom. The van der Waals surface area contributed by atoms with E-state index in [1.54, 1.807) is 0 Å². The maximum absolute atomic E-state index is 12.1. The van der Waals surface area contributed by atoms with Gasteiger partial charge in [0.15, 0.2) is 0 Å². The lowest BCUT2D eigenvalue weighted by Crippen LogP contribution is -2.36. The quantitative estimate of drug-likeness (QED) is 0.798. The second kappa shape index (κ2) is 3.50. The van der Waals surface area contributed by atoms with Gasteiger partial charge in [0.05, 0.1) is 0 Å². The zero-order valence-corrected chi connectivity index (χ0v) is 7.89. The van der Waals surface area contributed by atoms with Crippen molar-refractivity contribution in [1.82, 2.24) is 0 Å². The minimum Gasteiger partial charge on any atom is -0.281 e. The molecule has 1 atom stereocenters. The van der Waals surface area contributed by atoms with Gasteiger partial charge in [-0.1, -0.05) is 0 Å². The lowest BCUT2D eigenvalue weighted by atomic mass is 10.8. The number of alkyl halides is 3. The third kappa shape index (κ3) is 2.49. The van der Waals surface area contributed by atoms with E-state index in [9.17, 15) is 21.6 Å². The molecule has 11 heavy (non-hydrogen) atoms. The Kier molecular flexibility index (Phi) is 3.67. The Morgan fingerprint density at radius 1 is 1.55 bits per heavy atom. The fourth-order valence-electron chi connectivity index (χ4n) is 0.169. The fraction of sp³-hybridized carbons (Fsp3) is 1.00. The van der Waals surface area contributed by atoms with Crippen LogP contribution in [0.3, 0.4) is 0 Å². The highest BCUT2D eigenvalue weighted by atomic mass is 79.9. The van der Waals surface area contributed by atoms with E-state index in [0.29, 0.717) is 0 Å². The molecule has 0 aromatic carbocycles. The van der Waals surface area contributed by atoms with Gasteiger partial charge in [-0.05, 0) is 25.0 Å². The first-order chi connectivity index (χ1) is 4.73. The summed E-state index contributed by atoms with van der Waals surface area (Å²) < 4.78 is 63.5. The van der Waals surface area contributed by atoms with E-state index in [1.165, 1.54) is 0 Å². The lowest BCUT2D eigenvalue weighted by molar-refractivity contribution is 0.0376. The van der Waals surface area contributed by atoms with Gasteiger partial charge in [0.2, 0.25) is 5.50 Å². The van der Waals surface area contributed by atoms with Crippen molar-refractivity contribution in [1.29, 1.82) is 0 Å². The van der Waals surface area contributed by atoms with Crippen molar-refractivity contribution >= 4 is 35.1 Å². The molecule has 0 radical (unpaired) electrons. The minimum absolute atomic E-state index is 0.185. The molecule has 0 spiro atoms. The summed E-state index contributed by atoms with van der Waals surface area (Å²) in [7, 11) is -5.86. The summed E-state index contributed by atoms with van der Waals surface area (Å²) in [6, 6.07) is 0. The molecule has 0 heterocycles. The Balaban J connectivity index is 4.74.